The normalized spacial score (nSPS) is 19.1. The van der Waals surface area contributed by atoms with Crippen LogP contribution in [0.4, 0.5) is 5.82 Å². The van der Waals surface area contributed by atoms with Gasteiger partial charge in [0.25, 0.3) is 0 Å². The number of carboxylic acid groups (broad SMARTS) is 1. The van der Waals surface area contributed by atoms with Crippen molar-refractivity contribution in [3.8, 4) is 0 Å². The molecule has 0 radical (unpaired) electrons. The molecule has 90 valence electrons. The highest BCUT2D eigenvalue weighted by atomic mass is 16.4. The summed E-state index contributed by atoms with van der Waals surface area (Å²) >= 11 is 0. The van der Waals surface area contributed by atoms with Crippen LogP contribution >= 0.6 is 0 Å². The van der Waals surface area contributed by atoms with E-state index in [2.05, 4.69) is 9.97 Å². The SMILES string of the molecule is O=C(O)CN(c1ccnc(C2CC2)n1)C1CC1. The lowest BCUT2D eigenvalue weighted by Gasteiger charge is -2.21. The fourth-order valence-corrected chi connectivity index (χ4v) is 1.99. The number of rotatable bonds is 5. The second kappa shape index (κ2) is 3.98. The van der Waals surface area contributed by atoms with Crippen molar-refractivity contribution >= 4 is 11.8 Å². The number of aromatic nitrogens is 2. The quantitative estimate of drug-likeness (QED) is 0.832. The van der Waals surface area contributed by atoms with Gasteiger partial charge in [-0.15, -0.1) is 0 Å². The van der Waals surface area contributed by atoms with Crippen LogP contribution in [0.2, 0.25) is 0 Å². The van der Waals surface area contributed by atoms with Crippen LogP contribution in [0.1, 0.15) is 37.4 Å². The predicted octanol–water partition coefficient (Wildman–Crippen LogP) is 1.41. The number of hydrogen-bond acceptors (Lipinski definition) is 4. The van der Waals surface area contributed by atoms with Gasteiger partial charge in [-0.25, -0.2) is 9.97 Å². The van der Waals surface area contributed by atoms with Crippen molar-refractivity contribution < 1.29 is 9.90 Å². The van der Waals surface area contributed by atoms with Crippen LogP contribution in [0.3, 0.4) is 0 Å². The maximum atomic E-state index is 10.9. The number of hydrogen-bond donors (Lipinski definition) is 1. The minimum absolute atomic E-state index is 0.0335. The zero-order valence-corrected chi connectivity index (χ0v) is 9.54. The monoisotopic (exact) mass is 233 g/mol. The molecule has 0 unspecified atom stereocenters. The summed E-state index contributed by atoms with van der Waals surface area (Å²) in [5, 5.41) is 8.93. The van der Waals surface area contributed by atoms with Gasteiger partial charge in [-0.1, -0.05) is 0 Å². The van der Waals surface area contributed by atoms with E-state index in [-0.39, 0.29) is 6.54 Å². The molecule has 2 fully saturated rings. The van der Waals surface area contributed by atoms with E-state index >= 15 is 0 Å². The molecular weight excluding hydrogens is 218 g/mol. The Labute approximate surface area is 99.5 Å². The number of carboxylic acids is 1. The zero-order valence-electron chi connectivity index (χ0n) is 9.54. The first-order valence-electron chi connectivity index (χ1n) is 6.05. The van der Waals surface area contributed by atoms with Crippen molar-refractivity contribution in [3.05, 3.63) is 18.1 Å². The van der Waals surface area contributed by atoms with Gasteiger partial charge < -0.3 is 10.0 Å². The third-order valence-electron chi connectivity index (χ3n) is 3.19. The van der Waals surface area contributed by atoms with Crippen LogP contribution < -0.4 is 4.90 Å². The Bertz CT molecular complexity index is 441. The Hall–Kier alpha value is -1.65. The standard InChI is InChI=1S/C12H15N3O2/c16-11(17)7-15(9-3-4-9)10-5-6-13-12(14-10)8-1-2-8/h5-6,8-9H,1-4,7H2,(H,16,17). The second-order valence-corrected chi connectivity index (χ2v) is 4.80. The summed E-state index contributed by atoms with van der Waals surface area (Å²) < 4.78 is 0. The number of anilines is 1. The summed E-state index contributed by atoms with van der Waals surface area (Å²) in [6, 6.07) is 2.17. The average Bonchev–Trinajstić information content (AvgIpc) is 3.18. The van der Waals surface area contributed by atoms with Crippen LogP contribution in [0.25, 0.3) is 0 Å². The summed E-state index contributed by atoms with van der Waals surface area (Å²) in [6.45, 7) is 0.0335. The van der Waals surface area contributed by atoms with Gasteiger partial charge >= 0.3 is 5.97 Å². The third kappa shape index (κ3) is 2.38. The lowest BCUT2D eigenvalue weighted by Crippen LogP contribution is -2.32. The summed E-state index contributed by atoms with van der Waals surface area (Å²) in [4.78, 5) is 21.5. The molecule has 3 rings (SSSR count). The Morgan fingerprint density at radius 2 is 2.18 bits per heavy atom. The first-order valence-corrected chi connectivity index (χ1v) is 6.05. The Balaban J connectivity index is 1.83. The van der Waals surface area contributed by atoms with Crippen LogP contribution in [0, 0.1) is 0 Å². The maximum Gasteiger partial charge on any atom is 0.323 e. The van der Waals surface area contributed by atoms with E-state index in [9.17, 15) is 4.79 Å². The van der Waals surface area contributed by atoms with Gasteiger partial charge in [0.2, 0.25) is 0 Å². The van der Waals surface area contributed by atoms with Gasteiger partial charge in [-0.2, -0.15) is 0 Å². The molecule has 17 heavy (non-hydrogen) atoms. The third-order valence-corrected chi connectivity index (χ3v) is 3.19. The molecule has 1 aromatic rings. The molecule has 5 heteroatoms. The van der Waals surface area contributed by atoms with Crippen molar-refractivity contribution in [1.82, 2.24) is 9.97 Å². The first-order chi connectivity index (χ1) is 8.24. The molecule has 0 aliphatic heterocycles. The molecule has 0 amide bonds. The highest BCUT2D eigenvalue weighted by Gasteiger charge is 2.33. The molecule has 1 heterocycles. The van der Waals surface area contributed by atoms with Crippen molar-refractivity contribution in [2.45, 2.75) is 37.6 Å². The van der Waals surface area contributed by atoms with E-state index in [0.29, 0.717) is 12.0 Å². The highest BCUT2D eigenvalue weighted by Crippen LogP contribution is 2.39. The molecule has 2 aliphatic rings. The largest absolute Gasteiger partial charge is 0.480 e. The van der Waals surface area contributed by atoms with Crippen LogP contribution in [-0.4, -0.2) is 33.6 Å². The van der Waals surface area contributed by atoms with E-state index in [1.807, 2.05) is 11.0 Å². The molecule has 0 saturated heterocycles. The van der Waals surface area contributed by atoms with Gasteiger partial charge in [0, 0.05) is 18.2 Å². The molecule has 5 nitrogen and oxygen atoms in total. The number of nitrogens with zero attached hydrogens (tertiary/aromatic N) is 3. The lowest BCUT2D eigenvalue weighted by molar-refractivity contribution is -0.135. The van der Waals surface area contributed by atoms with Crippen LogP contribution in [-0.2, 0) is 4.79 Å². The van der Waals surface area contributed by atoms with Crippen LogP contribution in [0.5, 0.6) is 0 Å². The summed E-state index contributed by atoms with van der Waals surface area (Å²) in [7, 11) is 0. The van der Waals surface area contributed by atoms with Crippen molar-refractivity contribution in [2.24, 2.45) is 0 Å². The van der Waals surface area contributed by atoms with Crippen LogP contribution in [0.15, 0.2) is 12.3 Å². The van der Waals surface area contributed by atoms with Gasteiger partial charge in [0.05, 0.1) is 0 Å². The Morgan fingerprint density at radius 1 is 1.41 bits per heavy atom. The van der Waals surface area contributed by atoms with Gasteiger partial charge in [0.1, 0.15) is 18.2 Å². The predicted molar refractivity (Wildman–Crippen MR) is 62.0 cm³/mol. The molecule has 0 atom stereocenters. The summed E-state index contributed by atoms with van der Waals surface area (Å²) in [6.07, 6.45) is 6.19. The van der Waals surface area contributed by atoms with Gasteiger partial charge in [-0.3, -0.25) is 4.79 Å². The van der Waals surface area contributed by atoms with Crippen molar-refractivity contribution in [2.75, 3.05) is 11.4 Å². The Morgan fingerprint density at radius 3 is 2.76 bits per heavy atom. The van der Waals surface area contributed by atoms with E-state index in [1.54, 1.807) is 6.20 Å². The van der Waals surface area contributed by atoms with Crippen molar-refractivity contribution in [3.63, 3.8) is 0 Å². The molecular formula is C12H15N3O2. The molecule has 1 aromatic heterocycles. The fourth-order valence-electron chi connectivity index (χ4n) is 1.99. The molecule has 0 bridgehead atoms. The summed E-state index contributed by atoms with van der Waals surface area (Å²) in [5.41, 5.74) is 0. The minimum atomic E-state index is -0.802. The average molecular weight is 233 g/mol. The highest BCUT2D eigenvalue weighted by molar-refractivity contribution is 5.73. The van der Waals surface area contributed by atoms with E-state index in [1.165, 1.54) is 0 Å². The molecule has 2 aliphatic carbocycles. The van der Waals surface area contributed by atoms with Crippen molar-refractivity contribution in [1.29, 1.82) is 0 Å². The molecule has 0 aromatic carbocycles. The smallest absolute Gasteiger partial charge is 0.323 e. The van der Waals surface area contributed by atoms with Gasteiger partial charge in [0.15, 0.2) is 0 Å². The number of carbonyl (C=O) groups is 1. The van der Waals surface area contributed by atoms with E-state index < -0.39 is 5.97 Å². The number of aliphatic carboxylic acids is 1. The fraction of sp³-hybridized carbons (Fsp3) is 0.583. The Kier molecular flexibility index (Phi) is 2.46. The van der Waals surface area contributed by atoms with Gasteiger partial charge in [-0.05, 0) is 31.7 Å². The topological polar surface area (TPSA) is 66.3 Å². The lowest BCUT2D eigenvalue weighted by atomic mass is 10.3. The van der Waals surface area contributed by atoms with E-state index in [4.69, 9.17) is 5.11 Å². The summed E-state index contributed by atoms with van der Waals surface area (Å²) in [5.74, 6) is 1.34. The first kappa shape index (κ1) is 10.5. The zero-order chi connectivity index (χ0) is 11.8. The maximum absolute atomic E-state index is 10.9. The molecule has 0 spiro atoms. The molecule has 2 saturated carbocycles. The second-order valence-electron chi connectivity index (χ2n) is 4.80. The minimum Gasteiger partial charge on any atom is -0.480 e. The van der Waals surface area contributed by atoms with E-state index in [0.717, 1.165) is 37.3 Å². The molecule has 1 N–H and O–H groups in total.